The normalized spacial score (nSPS) is 15.2. The van der Waals surface area contributed by atoms with Crippen molar-refractivity contribution < 1.29 is 8.83 Å². The molecule has 1 N–H and O–H groups in total. The summed E-state index contributed by atoms with van der Waals surface area (Å²) >= 11 is 0. The van der Waals surface area contributed by atoms with E-state index in [0.717, 1.165) is 31.0 Å². The fraction of sp³-hybridized carbons (Fsp3) is 0.538. The highest BCUT2D eigenvalue weighted by Crippen LogP contribution is 2.23. The zero-order valence-electron chi connectivity index (χ0n) is 10.5. The van der Waals surface area contributed by atoms with E-state index in [1.165, 1.54) is 12.8 Å². The lowest BCUT2D eigenvalue weighted by Crippen LogP contribution is -2.17. The lowest BCUT2D eigenvalue weighted by Gasteiger charge is -1.99. The molecule has 5 nitrogen and oxygen atoms in total. The molecule has 0 aromatic carbocycles. The SMILES string of the molecule is Cc1ccoc1-c1nnc(CCCNC2CC2)o1. The summed E-state index contributed by atoms with van der Waals surface area (Å²) in [5.74, 6) is 1.82. The second kappa shape index (κ2) is 4.94. The molecule has 1 saturated carbocycles. The van der Waals surface area contributed by atoms with Gasteiger partial charge in [-0.15, -0.1) is 10.2 Å². The second-order valence-corrected chi connectivity index (χ2v) is 4.77. The van der Waals surface area contributed by atoms with Gasteiger partial charge in [-0.2, -0.15) is 0 Å². The van der Waals surface area contributed by atoms with Gasteiger partial charge in [-0.1, -0.05) is 0 Å². The Balaban J connectivity index is 1.54. The fourth-order valence-electron chi connectivity index (χ4n) is 1.87. The minimum absolute atomic E-state index is 0.475. The van der Waals surface area contributed by atoms with Crippen LogP contribution in [0.25, 0.3) is 11.7 Å². The van der Waals surface area contributed by atoms with Crippen molar-refractivity contribution in [2.75, 3.05) is 6.54 Å². The molecule has 0 aliphatic heterocycles. The predicted molar refractivity (Wildman–Crippen MR) is 66.1 cm³/mol. The average molecular weight is 247 g/mol. The van der Waals surface area contributed by atoms with Crippen LogP contribution < -0.4 is 5.32 Å². The van der Waals surface area contributed by atoms with Crippen molar-refractivity contribution in [1.29, 1.82) is 0 Å². The molecule has 0 amide bonds. The maximum atomic E-state index is 5.59. The van der Waals surface area contributed by atoms with Crippen molar-refractivity contribution in [3.63, 3.8) is 0 Å². The number of hydrogen-bond acceptors (Lipinski definition) is 5. The molecule has 0 radical (unpaired) electrons. The lowest BCUT2D eigenvalue weighted by molar-refractivity contribution is 0.470. The lowest BCUT2D eigenvalue weighted by atomic mass is 10.3. The third kappa shape index (κ3) is 2.61. The highest BCUT2D eigenvalue weighted by Gasteiger charge is 2.19. The number of furan rings is 1. The Morgan fingerprint density at radius 1 is 1.39 bits per heavy atom. The number of rotatable bonds is 6. The number of aryl methyl sites for hydroxylation is 2. The first kappa shape index (κ1) is 11.5. The van der Waals surface area contributed by atoms with Gasteiger partial charge in [-0.05, 0) is 38.8 Å². The highest BCUT2D eigenvalue weighted by atomic mass is 16.4. The van der Waals surface area contributed by atoms with Gasteiger partial charge in [0.05, 0.1) is 6.26 Å². The van der Waals surface area contributed by atoms with E-state index >= 15 is 0 Å². The van der Waals surface area contributed by atoms with Crippen molar-refractivity contribution in [2.24, 2.45) is 0 Å². The first-order valence-electron chi connectivity index (χ1n) is 6.43. The van der Waals surface area contributed by atoms with E-state index in [2.05, 4.69) is 15.5 Å². The number of nitrogens with one attached hydrogen (secondary N) is 1. The minimum atomic E-state index is 0.475. The molecule has 0 saturated heterocycles. The van der Waals surface area contributed by atoms with Crippen LogP contribution in [0.5, 0.6) is 0 Å². The number of hydrogen-bond donors (Lipinski definition) is 1. The summed E-state index contributed by atoms with van der Waals surface area (Å²) in [6, 6.07) is 2.65. The van der Waals surface area contributed by atoms with E-state index < -0.39 is 0 Å². The molecule has 1 fully saturated rings. The summed E-state index contributed by atoms with van der Waals surface area (Å²) in [5.41, 5.74) is 1.01. The first-order valence-corrected chi connectivity index (χ1v) is 6.43. The maximum absolute atomic E-state index is 5.59. The third-order valence-electron chi connectivity index (χ3n) is 3.10. The van der Waals surface area contributed by atoms with Crippen molar-refractivity contribution in [2.45, 2.75) is 38.6 Å². The minimum Gasteiger partial charge on any atom is -0.459 e. The zero-order valence-corrected chi connectivity index (χ0v) is 10.5. The summed E-state index contributed by atoms with van der Waals surface area (Å²) in [4.78, 5) is 0. The predicted octanol–water partition coefficient (Wildman–Crippen LogP) is 2.32. The molecule has 2 aromatic heterocycles. The first-order chi connectivity index (χ1) is 8.83. The molecule has 1 aliphatic carbocycles. The van der Waals surface area contributed by atoms with Crippen molar-refractivity contribution in [3.8, 4) is 11.7 Å². The van der Waals surface area contributed by atoms with Gasteiger partial charge in [0, 0.05) is 18.0 Å². The van der Waals surface area contributed by atoms with Crippen LogP contribution in [0, 0.1) is 6.92 Å². The van der Waals surface area contributed by atoms with E-state index in [0.29, 0.717) is 17.5 Å². The molecule has 3 rings (SSSR count). The van der Waals surface area contributed by atoms with Crippen molar-refractivity contribution in [1.82, 2.24) is 15.5 Å². The molecule has 0 unspecified atom stereocenters. The zero-order chi connectivity index (χ0) is 12.4. The standard InChI is InChI=1S/C13H17N3O2/c1-9-6-8-17-12(9)13-16-15-11(18-13)3-2-7-14-10-4-5-10/h6,8,10,14H,2-5,7H2,1H3. The van der Waals surface area contributed by atoms with E-state index in [4.69, 9.17) is 8.83 Å². The van der Waals surface area contributed by atoms with E-state index in [9.17, 15) is 0 Å². The Morgan fingerprint density at radius 2 is 2.28 bits per heavy atom. The average Bonchev–Trinajstić information content (AvgIpc) is 2.90. The quantitative estimate of drug-likeness (QED) is 0.794. The summed E-state index contributed by atoms with van der Waals surface area (Å²) in [5, 5.41) is 11.5. The molecule has 2 aromatic rings. The van der Waals surface area contributed by atoms with Crippen LogP contribution >= 0.6 is 0 Å². The largest absolute Gasteiger partial charge is 0.459 e. The summed E-state index contributed by atoms with van der Waals surface area (Å²) < 4.78 is 10.9. The van der Waals surface area contributed by atoms with Gasteiger partial charge in [-0.3, -0.25) is 0 Å². The van der Waals surface area contributed by atoms with Crippen LogP contribution in [0.15, 0.2) is 21.2 Å². The molecule has 2 heterocycles. The van der Waals surface area contributed by atoms with Crippen LogP contribution in [0.3, 0.4) is 0 Å². The third-order valence-corrected chi connectivity index (χ3v) is 3.10. The Hall–Kier alpha value is -1.62. The van der Waals surface area contributed by atoms with Gasteiger partial charge in [0.1, 0.15) is 0 Å². The van der Waals surface area contributed by atoms with E-state index in [-0.39, 0.29) is 0 Å². The summed E-state index contributed by atoms with van der Waals surface area (Å²) in [6.45, 7) is 2.98. The van der Waals surface area contributed by atoms with Gasteiger partial charge < -0.3 is 14.2 Å². The van der Waals surface area contributed by atoms with Gasteiger partial charge in [0.25, 0.3) is 5.89 Å². The second-order valence-electron chi connectivity index (χ2n) is 4.77. The Bertz CT molecular complexity index is 514. The van der Waals surface area contributed by atoms with Crippen LogP contribution in [0.2, 0.25) is 0 Å². The molecular formula is C13H17N3O2. The monoisotopic (exact) mass is 247 g/mol. The van der Waals surface area contributed by atoms with Gasteiger partial charge in [0.15, 0.2) is 5.76 Å². The molecule has 1 aliphatic rings. The maximum Gasteiger partial charge on any atom is 0.283 e. The van der Waals surface area contributed by atoms with Gasteiger partial charge in [-0.25, -0.2) is 0 Å². The summed E-state index contributed by atoms with van der Waals surface area (Å²) in [6.07, 6.45) is 6.11. The molecule has 18 heavy (non-hydrogen) atoms. The molecular weight excluding hydrogens is 230 g/mol. The van der Waals surface area contributed by atoms with Crippen molar-refractivity contribution >= 4 is 0 Å². The molecule has 0 bridgehead atoms. The molecule has 5 heteroatoms. The van der Waals surface area contributed by atoms with E-state index in [1.807, 2.05) is 13.0 Å². The van der Waals surface area contributed by atoms with Crippen LogP contribution in [-0.2, 0) is 6.42 Å². The molecule has 0 atom stereocenters. The Labute approximate surface area is 106 Å². The number of aromatic nitrogens is 2. The molecule has 0 spiro atoms. The van der Waals surface area contributed by atoms with Crippen LogP contribution in [-0.4, -0.2) is 22.8 Å². The number of nitrogens with zero attached hydrogens (tertiary/aromatic N) is 2. The smallest absolute Gasteiger partial charge is 0.283 e. The highest BCUT2D eigenvalue weighted by molar-refractivity contribution is 5.49. The fourth-order valence-corrected chi connectivity index (χ4v) is 1.87. The van der Waals surface area contributed by atoms with E-state index in [1.54, 1.807) is 6.26 Å². The molecule has 96 valence electrons. The topological polar surface area (TPSA) is 64.1 Å². The summed E-state index contributed by atoms with van der Waals surface area (Å²) in [7, 11) is 0. The Kier molecular flexibility index (Phi) is 3.15. The van der Waals surface area contributed by atoms with Gasteiger partial charge in [0.2, 0.25) is 5.89 Å². The van der Waals surface area contributed by atoms with Crippen LogP contribution in [0.1, 0.15) is 30.7 Å². The van der Waals surface area contributed by atoms with Crippen molar-refractivity contribution in [3.05, 3.63) is 23.8 Å². The van der Waals surface area contributed by atoms with Crippen LogP contribution in [0.4, 0.5) is 0 Å². The Morgan fingerprint density at radius 3 is 3.00 bits per heavy atom. The van der Waals surface area contributed by atoms with Gasteiger partial charge >= 0.3 is 0 Å².